The first-order valence-electron chi connectivity index (χ1n) is 4.33. The van der Waals surface area contributed by atoms with Crippen molar-refractivity contribution in [3.8, 4) is 0 Å². The number of imidazole rings is 1. The maximum Gasteiger partial charge on any atom is 0.161 e. The van der Waals surface area contributed by atoms with Gasteiger partial charge in [0.2, 0.25) is 0 Å². The van der Waals surface area contributed by atoms with E-state index in [1.807, 2.05) is 18.6 Å². The Bertz CT molecular complexity index is 459. The molecular weight excluding hydrogens is 230 g/mol. The van der Waals surface area contributed by atoms with Crippen LogP contribution in [0.1, 0.15) is 18.9 Å². The second-order valence-electron chi connectivity index (χ2n) is 3.35. The molecule has 2 heterocycles. The lowest BCUT2D eigenvalue weighted by atomic mass is 10.4. The molecule has 0 atom stereocenters. The summed E-state index contributed by atoms with van der Waals surface area (Å²) >= 11 is 3.46. The van der Waals surface area contributed by atoms with Gasteiger partial charge in [0.15, 0.2) is 5.65 Å². The van der Waals surface area contributed by atoms with E-state index >= 15 is 0 Å². The third-order valence-corrected chi connectivity index (χ3v) is 2.99. The summed E-state index contributed by atoms with van der Waals surface area (Å²) in [5.41, 5.74) is 1.96. The summed E-state index contributed by atoms with van der Waals surface area (Å²) in [4.78, 5) is 8.67. The molecule has 3 rings (SSSR count). The first kappa shape index (κ1) is 7.50. The number of nitrogens with zero attached hydrogens (tertiary/aromatic N) is 3. The molecule has 0 bridgehead atoms. The largest absolute Gasteiger partial charge is 0.312 e. The highest BCUT2D eigenvalue weighted by molar-refractivity contribution is 9.10. The quantitative estimate of drug-likeness (QED) is 0.764. The van der Waals surface area contributed by atoms with Gasteiger partial charge in [-0.2, -0.15) is 0 Å². The Morgan fingerprint density at radius 1 is 1.38 bits per heavy atom. The van der Waals surface area contributed by atoms with Crippen LogP contribution in [0.5, 0.6) is 0 Å². The van der Waals surface area contributed by atoms with Crippen LogP contribution in [-0.4, -0.2) is 14.5 Å². The van der Waals surface area contributed by atoms with E-state index in [9.17, 15) is 0 Å². The standard InChI is InChI=1S/C9H8BrN3/c10-7-3-4-11-9-8(7)12-5-13(9)6-1-2-6/h3-6H,1-2H2. The highest BCUT2D eigenvalue weighted by atomic mass is 79.9. The molecule has 1 aliphatic rings. The van der Waals surface area contributed by atoms with Gasteiger partial charge in [0.05, 0.1) is 6.33 Å². The van der Waals surface area contributed by atoms with Gasteiger partial charge in [-0.25, -0.2) is 9.97 Å². The van der Waals surface area contributed by atoms with Crippen LogP contribution in [0.25, 0.3) is 11.2 Å². The predicted octanol–water partition coefficient (Wildman–Crippen LogP) is 2.53. The van der Waals surface area contributed by atoms with Crippen LogP contribution >= 0.6 is 15.9 Å². The minimum absolute atomic E-state index is 0.645. The number of hydrogen-bond donors (Lipinski definition) is 0. The summed E-state index contributed by atoms with van der Waals surface area (Å²) in [5, 5.41) is 0. The van der Waals surface area contributed by atoms with Gasteiger partial charge in [-0.1, -0.05) is 0 Å². The third-order valence-electron chi connectivity index (χ3n) is 2.35. The van der Waals surface area contributed by atoms with E-state index in [4.69, 9.17) is 0 Å². The molecule has 2 aromatic rings. The van der Waals surface area contributed by atoms with Gasteiger partial charge < -0.3 is 4.57 Å². The zero-order valence-corrected chi connectivity index (χ0v) is 8.53. The van der Waals surface area contributed by atoms with Crippen molar-refractivity contribution in [2.24, 2.45) is 0 Å². The van der Waals surface area contributed by atoms with Crippen molar-refractivity contribution in [2.45, 2.75) is 18.9 Å². The molecule has 0 unspecified atom stereocenters. The van der Waals surface area contributed by atoms with Crippen molar-refractivity contribution in [3.05, 3.63) is 23.1 Å². The van der Waals surface area contributed by atoms with Crippen LogP contribution in [0.2, 0.25) is 0 Å². The van der Waals surface area contributed by atoms with E-state index in [1.54, 1.807) is 0 Å². The normalized spacial score (nSPS) is 16.7. The molecular formula is C9H8BrN3. The molecule has 66 valence electrons. The molecule has 13 heavy (non-hydrogen) atoms. The van der Waals surface area contributed by atoms with Gasteiger partial charge in [0.25, 0.3) is 0 Å². The van der Waals surface area contributed by atoms with Crippen LogP contribution < -0.4 is 0 Å². The van der Waals surface area contributed by atoms with Gasteiger partial charge in [0.1, 0.15) is 5.52 Å². The summed E-state index contributed by atoms with van der Waals surface area (Å²) in [6.45, 7) is 0. The highest BCUT2D eigenvalue weighted by Gasteiger charge is 2.25. The first-order chi connectivity index (χ1) is 6.36. The summed E-state index contributed by atoms with van der Waals surface area (Å²) in [6, 6.07) is 2.57. The minimum atomic E-state index is 0.645. The SMILES string of the molecule is Brc1ccnc2c1ncn2C1CC1. The minimum Gasteiger partial charge on any atom is -0.312 e. The van der Waals surface area contributed by atoms with E-state index < -0.39 is 0 Å². The van der Waals surface area contributed by atoms with Crippen molar-refractivity contribution in [3.63, 3.8) is 0 Å². The predicted molar refractivity (Wildman–Crippen MR) is 53.5 cm³/mol. The molecule has 2 aromatic heterocycles. The van der Waals surface area contributed by atoms with Crippen molar-refractivity contribution in [2.75, 3.05) is 0 Å². The van der Waals surface area contributed by atoms with Crippen molar-refractivity contribution < 1.29 is 0 Å². The van der Waals surface area contributed by atoms with E-state index in [2.05, 4.69) is 30.5 Å². The molecule has 0 spiro atoms. The average Bonchev–Trinajstić information content (AvgIpc) is 2.87. The van der Waals surface area contributed by atoms with Crippen LogP contribution in [0, 0.1) is 0 Å². The fourth-order valence-electron chi connectivity index (χ4n) is 1.52. The lowest BCUT2D eigenvalue weighted by Crippen LogP contribution is -1.92. The lowest BCUT2D eigenvalue weighted by Gasteiger charge is -1.98. The molecule has 1 saturated carbocycles. The van der Waals surface area contributed by atoms with E-state index in [1.165, 1.54) is 12.8 Å². The van der Waals surface area contributed by atoms with Crippen molar-refractivity contribution in [1.29, 1.82) is 0 Å². The van der Waals surface area contributed by atoms with Gasteiger partial charge in [-0.15, -0.1) is 0 Å². The summed E-state index contributed by atoms with van der Waals surface area (Å²) in [6.07, 6.45) is 6.23. The van der Waals surface area contributed by atoms with Gasteiger partial charge in [-0.3, -0.25) is 0 Å². The van der Waals surface area contributed by atoms with E-state index in [-0.39, 0.29) is 0 Å². The molecule has 0 amide bonds. The van der Waals surface area contributed by atoms with Crippen LogP contribution in [-0.2, 0) is 0 Å². The Morgan fingerprint density at radius 3 is 3.00 bits per heavy atom. The molecule has 1 aliphatic carbocycles. The van der Waals surface area contributed by atoms with Crippen molar-refractivity contribution >= 4 is 27.1 Å². The average molecular weight is 238 g/mol. The maximum atomic E-state index is 4.33. The second kappa shape index (κ2) is 2.54. The highest BCUT2D eigenvalue weighted by Crippen LogP contribution is 2.37. The molecule has 3 nitrogen and oxygen atoms in total. The molecule has 4 heteroatoms. The zero-order valence-electron chi connectivity index (χ0n) is 6.94. The molecule has 0 aromatic carbocycles. The Balaban J connectivity index is 2.32. The summed E-state index contributed by atoms with van der Waals surface area (Å²) in [7, 11) is 0. The van der Waals surface area contributed by atoms with Gasteiger partial charge in [0, 0.05) is 16.7 Å². The Morgan fingerprint density at radius 2 is 2.23 bits per heavy atom. The topological polar surface area (TPSA) is 30.7 Å². The zero-order chi connectivity index (χ0) is 8.84. The Hall–Kier alpha value is -0.900. The van der Waals surface area contributed by atoms with E-state index in [0.717, 1.165) is 15.6 Å². The third kappa shape index (κ3) is 1.09. The lowest BCUT2D eigenvalue weighted by molar-refractivity contribution is 0.757. The monoisotopic (exact) mass is 237 g/mol. The Labute approximate surface area is 83.9 Å². The summed E-state index contributed by atoms with van der Waals surface area (Å²) in [5.74, 6) is 0. The van der Waals surface area contributed by atoms with Crippen LogP contribution in [0.3, 0.4) is 0 Å². The van der Waals surface area contributed by atoms with Crippen LogP contribution in [0.15, 0.2) is 23.1 Å². The van der Waals surface area contributed by atoms with Gasteiger partial charge in [-0.05, 0) is 34.8 Å². The number of pyridine rings is 1. The fraction of sp³-hybridized carbons (Fsp3) is 0.333. The Kier molecular flexibility index (Phi) is 1.47. The maximum absolute atomic E-state index is 4.33. The van der Waals surface area contributed by atoms with Gasteiger partial charge >= 0.3 is 0 Å². The number of halogens is 1. The molecule has 0 aliphatic heterocycles. The smallest absolute Gasteiger partial charge is 0.161 e. The molecule has 0 radical (unpaired) electrons. The van der Waals surface area contributed by atoms with Crippen molar-refractivity contribution in [1.82, 2.24) is 14.5 Å². The first-order valence-corrected chi connectivity index (χ1v) is 5.12. The van der Waals surface area contributed by atoms with E-state index in [0.29, 0.717) is 6.04 Å². The molecule has 0 N–H and O–H groups in total. The second-order valence-corrected chi connectivity index (χ2v) is 4.20. The fourth-order valence-corrected chi connectivity index (χ4v) is 1.92. The molecule has 0 saturated heterocycles. The van der Waals surface area contributed by atoms with Crippen LogP contribution in [0.4, 0.5) is 0 Å². The summed E-state index contributed by atoms with van der Waals surface area (Å²) < 4.78 is 3.19. The number of fused-ring (bicyclic) bond motifs is 1. The molecule has 1 fully saturated rings. The number of aromatic nitrogens is 3. The number of hydrogen-bond acceptors (Lipinski definition) is 2. The number of rotatable bonds is 1.